The summed E-state index contributed by atoms with van der Waals surface area (Å²) >= 11 is 0. The van der Waals surface area contributed by atoms with E-state index in [1.54, 1.807) is 0 Å². The lowest BCUT2D eigenvalue weighted by Gasteiger charge is -2.53. The van der Waals surface area contributed by atoms with Crippen molar-refractivity contribution in [3.8, 4) is 12.3 Å². The minimum absolute atomic E-state index is 0.0980. The molecule has 0 aromatic carbocycles. The number of rotatable bonds is 2. The molecule has 0 saturated heterocycles. The number of hydrogen-bond donors (Lipinski definition) is 0. The highest BCUT2D eigenvalue weighted by atomic mass is 16.1. The smallest absolute Gasteiger partial charge is 0.155 e. The molecular weight excluding hydrogens is 284 g/mol. The van der Waals surface area contributed by atoms with Crippen LogP contribution in [0.5, 0.6) is 0 Å². The van der Waals surface area contributed by atoms with Crippen LogP contribution in [0.4, 0.5) is 0 Å². The zero-order valence-corrected chi connectivity index (χ0v) is 13.9. The normalized spacial score (nSPS) is 42.3. The van der Waals surface area contributed by atoms with Crippen molar-refractivity contribution in [3.63, 3.8) is 0 Å². The van der Waals surface area contributed by atoms with Crippen LogP contribution in [0.1, 0.15) is 64.2 Å². The van der Waals surface area contributed by atoms with E-state index in [1.165, 1.54) is 12.0 Å². The van der Waals surface area contributed by atoms with Crippen LogP contribution in [0.3, 0.4) is 0 Å². The van der Waals surface area contributed by atoms with Crippen molar-refractivity contribution >= 4 is 11.6 Å². The lowest BCUT2D eigenvalue weighted by Crippen LogP contribution is -2.47. The second kappa shape index (κ2) is 5.62. The molecule has 4 aliphatic rings. The maximum absolute atomic E-state index is 12.7. The lowest BCUT2D eigenvalue weighted by atomic mass is 9.51. The average molecular weight is 310 g/mol. The molecular formula is C21H26O2. The van der Waals surface area contributed by atoms with Crippen LogP contribution in [0.2, 0.25) is 0 Å². The van der Waals surface area contributed by atoms with Gasteiger partial charge in [-0.25, -0.2) is 0 Å². The number of allylic oxidation sites excluding steroid dienone is 1. The Hall–Kier alpha value is -1.36. The Balaban J connectivity index is 1.62. The molecule has 5 atom stereocenters. The van der Waals surface area contributed by atoms with Crippen LogP contribution in [0.15, 0.2) is 11.6 Å². The third kappa shape index (κ3) is 2.24. The number of fused-ring (bicyclic) bond motifs is 5. The molecule has 0 radical (unpaired) electrons. The standard InChI is InChI=1S/C21H26O2/c1-2-3-11-21-12-10-17-16-7-5-15(22)13-14(16)4-6-18(17)19(21)8-9-20(21)23/h1,13,16-19H,3-12H2/t16-,17+,18+,19-,21-/m0/s1. The number of carbonyl (C=O) groups is 2. The second-order valence-electron chi connectivity index (χ2n) is 8.16. The zero-order chi connectivity index (χ0) is 16.0. The Labute approximate surface area is 139 Å². The fraction of sp³-hybridized carbons (Fsp3) is 0.714. The van der Waals surface area contributed by atoms with Crippen molar-refractivity contribution in [1.29, 1.82) is 0 Å². The summed E-state index contributed by atoms with van der Waals surface area (Å²) in [7, 11) is 0. The van der Waals surface area contributed by atoms with Gasteiger partial charge in [0.25, 0.3) is 0 Å². The van der Waals surface area contributed by atoms with Crippen molar-refractivity contribution < 1.29 is 9.59 Å². The maximum atomic E-state index is 12.7. The molecule has 2 nitrogen and oxygen atoms in total. The molecule has 2 heteroatoms. The van der Waals surface area contributed by atoms with E-state index in [4.69, 9.17) is 6.42 Å². The number of Topliss-reactive ketones (excluding diaryl/α,β-unsaturated/α-hetero) is 1. The van der Waals surface area contributed by atoms with Gasteiger partial charge in [-0.1, -0.05) is 5.57 Å². The number of ketones is 2. The topological polar surface area (TPSA) is 34.1 Å². The van der Waals surface area contributed by atoms with Crippen molar-refractivity contribution in [2.75, 3.05) is 0 Å². The molecule has 4 aliphatic carbocycles. The molecule has 0 heterocycles. The van der Waals surface area contributed by atoms with Gasteiger partial charge in [0.2, 0.25) is 0 Å². The summed E-state index contributed by atoms with van der Waals surface area (Å²) in [6.07, 6.45) is 17.2. The van der Waals surface area contributed by atoms with Gasteiger partial charge in [0.1, 0.15) is 5.78 Å². The van der Waals surface area contributed by atoms with Crippen LogP contribution in [-0.2, 0) is 9.59 Å². The van der Waals surface area contributed by atoms with E-state index in [1.807, 2.05) is 6.08 Å². The van der Waals surface area contributed by atoms with Gasteiger partial charge < -0.3 is 0 Å². The van der Waals surface area contributed by atoms with Gasteiger partial charge >= 0.3 is 0 Å². The molecule has 122 valence electrons. The van der Waals surface area contributed by atoms with Crippen LogP contribution in [-0.4, -0.2) is 11.6 Å². The Bertz CT molecular complexity index is 608. The first kappa shape index (κ1) is 15.2. The summed E-state index contributed by atoms with van der Waals surface area (Å²) in [6.45, 7) is 0. The van der Waals surface area contributed by atoms with E-state index in [0.29, 0.717) is 35.2 Å². The molecule has 0 amide bonds. The van der Waals surface area contributed by atoms with E-state index in [9.17, 15) is 9.59 Å². The quantitative estimate of drug-likeness (QED) is 0.720. The largest absolute Gasteiger partial charge is 0.299 e. The van der Waals surface area contributed by atoms with Gasteiger partial charge in [0.15, 0.2) is 5.78 Å². The van der Waals surface area contributed by atoms with Crippen molar-refractivity contribution in [2.45, 2.75) is 64.2 Å². The molecule has 0 aliphatic heterocycles. The van der Waals surface area contributed by atoms with E-state index >= 15 is 0 Å². The Morgan fingerprint density at radius 3 is 2.78 bits per heavy atom. The number of terminal acetylenes is 1. The first-order valence-electron chi connectivity index (χ1n) is 9.36. The van der Waals surface area contributed by atoms with Crippen molar-refractivity contribution in [1.82, 2.24) is 0 Å². The summed E-state index contributed by atoms with van der Waals surface area (Å²) in [6, 6.07) is 0. The summed E-state index contributed by atoms with van der Waals surface area (Å²) in [4.78, 5) is 24.4. The third-order valence-corrected chi connectivity index (χ3v) is 7.46. The van der Waals surface area contributed by atoms with Gasteiger partial charge in [-0.05, 0) is 74.7 Å². The molecule has 0 bridgehead atoms. The molecule has 4 rings (SSSR count). The minimum atomic E-state index is -0.0980. The first-order chi connectivity index (χ1) is 11.2. The zero-order valence-electron chi connectivity index (χ0n) is 13.9. The van der Waals surface area contributed by atoms with E-state index in [-0.39, 0.29) is 5.41 Å². The fourth-order valence-corrected chi connectivity index (χ4v) is 6.51. The molecule has 0 aromatic heterocycles. The average Bonchev–Trinajstić information content (AvgIpc) is 2.89. The van der Waals surface area contributed by atoms with Gasteiger partial charge in [-0.2, -0.15) is 0 Å². The Morgan fingerprint density at radius 2 is 1.96 bits per heavy atom. The SMILES string of the molecule is C#CCC[C@]12CC[C@H]3[C@@H](CCC4=CC(=O)CC[C@@H]43)[C@@H]1CCC2=O. The van der Waals surface area contributed by atoms with Gasteiger partial charge in [-0.3, -0.25) is 9.59 Å². The van der Waals surface area contributed by atoms with Crippen molar-refractivity contribution in [2.24, 2.45) is 29.1 Å². The van der Waals surface area contributed by atoms with Crippen LogP contribution in [0, 0.1) is 41.4 Å². The van der Waals surface area contributed by atoms with E-state index in [0.717, 1.165) is 57.8 Å². The van der Waals surface area contributed by atoms with Crippen LogP contribution < -0.4 is 0 Å². The first-order valence-corrected chi connectivity index (χ1v) is 9.36. The third-order valence-electron chi connectivity index (χ3n) is 7.46. The predicted molar refractivity (Wildman–Crippen MR) is 89.5 cm³/mol. The second-order valence-corrected chi connectivity index (χ2v) is 8.16. The lowest BCUT2D eigenvalue weighted by molar-refractivity contribution is -0.133. The summed E-state index contributed by atoms with van der Waals surface area (Å²) in [5.74, 6) is 6.15. The molecule has 3 fully saturated rings. The summed E-state index contributed by atoms with van der Waals surface area (Å²) in [5, 5.41) is 0. The monoisotopic (exact) mass is 310 g/mol. The maximum Gasteiger partial charge on any atom is 0.155 e. The molecule has 3 saturated carbocycles. The molecule has 23 heavy (non-hydrogen) atoms. The summed E-state index contributed by atoms with van der Waals surface area (Å²) in [5.41, 5.74) is 1.32. The molecule has 0 spiro atoms. The van der Waals surface area contributed by atoms with E-state index < -0.39 is 0 Å². The van der Waals surface area contributed by atoms with Crippen LogP contribution >= 0.6 is 0 Å². The Kier molecular flexibility index (Phi) is 3.71. The highest BCUT2D eigenvalue weighted by Gasteiger charge is 2.57. The highest BCUT2D eigenvalue weighted by Crippen LogP contribution is 2.62. The predicted octanol–water partition coefficient (Wildman–Crippen LogP) is 4.09. The van der Waals surface area contributed by atoms with Crippen LogP contribution in [0.25, 0.3) is 0 Å². The van der Waals surface area contributed by atoms with E-state index in [2.05, 4.69) is 5.92 Å². The number of hydrogen-bond acceptors (Lipinski definition) is 2. The van der Waals surface area contributed by atoms with Gasteiger partial charge in [0.05, 0.1) is 0 Å². The molecule has 0 aromatic rings. The van der Waals surface area contributed by atoms with Crippen molar-refractivity contribution in [3.05, 3.63) is 11.6 Å². The fourth-order valence-electron chi connectivity index (χ4n) is 6.51. The molecule has 0 N–H and O–H groups in total. The van der Waals surface area contributed by atoms with Gasteiger partial charge in [0, 0.05) is 24.7 Å². The Morgan fingerprint density at radius 1 is 1.09 bits per heavy atom. The molecule has 0 unspecified atom stereocenters. The number of carbonyl (C=O) groups excluding carboxylic acids is 2. The highest BCUT2D eigenvalue weighted by molar-refractivity contribution is 5.91. The van der Waals surface area contributed by atoms with Gasteiger partial charge in [-0.15, -0.1) is 12.3 Å². The minimum Gasteiger partial charge on any atom is -0.299 e. The summed E-state index contributed by atoms with van der Waals surface area (Å²) < 4.78 is 0.